The van der Waals surface area contributed by atoms with E-state index >= 15 is 0 Å². The first-order valence-corrected chi connectivity index (χ1v) is 9.43. The van der Waals surface area contributed by atoms with Crippen molar-refractivity contribution in [1.29, 1.82) is 0 Å². The lowest BCUT2D eigenvalue weighted by atomic mass is 10.1. The predicted octanol–water partition coefficient (Wildman–Crippen LogP) is 3.77. The fourth-order valence-corrected chi connectivity index (χ4v) is 3.50. The Morgan fingerprint density at radius 3 is 2.32 bits per heavy atom. The average Bonchev–Trinajstić information content (AvgIpc) is 3.22. The second kappa shape index (κ2) is 7.68. The highest BCUT2D eigenvalue weighted by Crippen LogP contribution is 2.27. The zero-order valence-corrected chi connectivity index (χ0v) is 15.4. The number of aromatic hydroxyl groups is 1. The number of phenols is 1. The molecule has 1 aliphatic rings. The van der Waals surface area contributed by atoms with Gasteiger partial charge in [0.05, 0.1) is 11.9 Å². The molecule has 0 bridgehead atoms. The second-order valence-corrected chi connectivity index (χ2v) is 7.07. The number of hydrogen-bond donors (Lipinski definition) is 3. The fraction of sp³-hybridized carbons (Fsp3) is 0.227. The Balaban J connectivity index is 1.56. The van der Waals surface area contributed by atoms with Crippen molar-refractivity contribution in [3.8, 4) is 28.3 Å². The Morgan fingerprint density at radius 1 is 1.00 bits per heavy atom. The molecule has 142 valence electrons. The normalized spacial score (nSPS) is 14.1. The monoisotopic (exact) mass is 374 g/mol. The third-order valence-corrected chi connectivity index (χ3v) is 5.07. The molecule has 6 nitrogen and oxygen atoms in total. The number of amides is 1. The maximum atomic E-state index is 12.4. The predicted molar refractivity (Wildman–Crippen MR) is 109 cm³/mol. The average molecular weight is 374 g/mol. The summed E-state index contributed by atoms with van der Waals surface area (Å²) in [5, 5.41) is 12.6. The lowest BCUT2D eigenvalue weighted by Gasteiger charge is -2.12. The largest absolute Gasteiger partial charge is 0.508 e. The lowest BCUT2D eigenvalue weighted by molar-refractivity contribution is 0.0938. The minimum atomic E-state index is -0.0355. The van der Waals surface area contributed by atoms with E-state index in [0.717, 1.165) is 24.0 Å². The van der Waals surface area contributed by atoms with E-state index < -0.39 is 0 Å². The first-order valence-electron chi connectivity index (χ1n) is 9.43. The molecule has 0 spiro atoms. The van der Waals surface area contributed by atoms with Crippen LogP contribution in [0.2, 0.25) is 0 Å². The lowest BCUT2D eigenvalue weighted by Crippen LogP contribution is -2.32. The smallest absolute Gasteiger partial charge is 0.251 e. The van der Waals surface area contributed by atoms with Crippen LogP contribution in [0.1, 0.15) is 36.0 Å². The highest BCUT2D eigenvalue weighted by atomic mass is 16.3. The summed E-state index contributed by atoms with van der Waals surface area (Å²) < 4.78 is 0. The van der Waals surface area contributed by atoms with E-state index in [2.05, 4.69) is 15.3 Å². The van der Waals surface area contributed by atoms with Crippen molar-refractivity contribution in [3.63, 3.8) is 0 Å². The van der Waals surface area contributed by atoms with Crippen molar-refractivity contribution in [3.05, 3.63) is 60.3 Å². The summed E-state index contributed by atoms with van der Waals surface area (Å²) in [5.41, 5.74) is 9.48. The molecule has 0 radical (unpaired) electrons. The van der Waals surface area contributed by atoms with Gasteiger partial charge in [-0.15, -0.1) is 0 Å². The molecule has 4 rings (SSSR count). The maximum absolute atomic E-state index is 12.4. The first-order chi connectivity index (χ1) is 13.6. The minimum Gasteiger partial charge on any atom is -0.508 e. The van der Waals surface area contributed by atoms with Gasteiger partial charge >= 0.3 is 0 Å². The van der Waals surface area contributed by atoms with E-state index in [1.54, 1.807) is 42.6 Å². The zero-order chi connectivity index (χ0) is 19.5. The van der Waals surface area contributed by atoms with Gasteiger partial charge in [-0.2, -0.15) is 0 Å². The van der Waals surface area contributed by atoms with Crippen LogP contribution in [0.4, 0.5) is 5.82 Å². The molecule has 0 aliphatic heterocycles. The summed E-state index contributed by atoms with van der Waals surface area (Å²) in [6.07, 6.45) is 6.11. The van der Waals surface area contributed by atoms with Crippen molar-refractivity contribution in [2.75, 3.05) is 5.73 Å². The second-order valence-electron chi connectivity index (χ2n) is 7.07. The van der Waals surface area contributed by atoms with E-state index in [9.17, 15) is 9.90 Å². The quantitative estimate of drug-likeness (QED) is 0.645. The van der Waals surface area contributed by atoms with Crippen molar-refractivity contribution < 1.29 is 9.90 Å². The molecule has 1 fully saturated rings. The number of aromatic nitrogens is 2. The number of benzene rings is 2. The van der Waals surface area contributed by atoms with Crippen LogP contribution >= 0.6 is 0 Å². The molecule has 2 aromatic carbocycles. The number of carbonyl (C=O) groups excluding carboxylic acids is 1. The first kappa shape index (κ1) is 18.0. The molecular formula is C22H22N4O2. The van der Waals surface area contributed by atoms with Gasteiger partial charge in [0, 0.05) is 22.7 Å². The molecule has 0 atom stereocenters. The Hall–Kier alpha value is -3.41. The van der Waals surface area contributed by atoms with Crippen LogP contribution in [0.5, 0.6) is 5.75 Å². The summed E-state index contributed by atoms with van der Waals surface area (Å²) in [6.45, 7) is 0. The molecule has 1 heterocycles. The number of carbonyl (C=O) groups is 1. The van der Waals surface area contributed by atoms with Gasteiger partial charge in [0.2, 0.25) is 0 Å². The number of hydrogen-bond acceptors (Lipinski definition) is 5. The zero-order valence-electron chi connectivity index (χ0n) is 15.4. The number of anilines is 1. The highest BCUT2D eigenvalue weighted by molar-refractivity contribution is 5.94. The van der Waals surface area contributed by atoms with Crippen LogP contribution in [0.25, 0.3) is 22.5 Å². The van der Waals surface area contributed by atoms with Gasteiger partial charge in [-0.05, 0) is 49.2 Å². The van der Waals surface area contributed by atoms with E-state index in [1.807, 2.05) is 12.1 Å². The van der Waals surface area contributed by atoms with Gasteiger partial charge < -0.3 is 16.2 Å². The van der Waals surface area contributed by atoms with Crippen LogP contribution in [-0.4, -0.2) is 27.0 Å². The Kier molecular flexibility index (Phi) is 4.93. The molecule has 0 saturated heterocycles. The molecule has 1 amide bonds. The van der Waals surface area contributed by atoms with E-state index in [1.165, 1.54) is 12.8 Å². The molecule has 0 unspecified atom stereocenters. The summed E-state index contributed by atoms with van der Waals surface area (Å²) in [6, 6.07) is 14.3. The maximum Gasteiger partial charge on any atom is 0.251 e. The minimum absolute atomic E-state index is 0.0355. The third-order valence-electron chi connectivity index (χ3n) is 5.07. The van der Waals surface area contributed by atoms with Crippen molar-refractivity contribution >= 4 is 11.7 Å². The van der Waals surface area contributed by atoms with Crippen LogP contribution in [0.3, 0.4) is 0 Å². The number of phenolic OH excluding ortho intramolecular Hbond substituents is 1. The van der Waals surface area contributed by atoms with Crippen LogP contribution in [-0.2, 0) is 0 Å². The molecule has 1 saturated carbocycles. The topological polar surface area (TPSA) is 101 Å². The van der Waals surface area contributed by atoms with Crippen molar-refractivity contribution in [1.82, 2.24) is 15.3 Å². The Labute approximate surface area is 163 Å². The number of nitrogen functional groups attached to an aromatic ring is 1. The third kappa shape index (κ3) is 3.81. The standard InChI is InChI=1S/C22H22N4O2/c23-21-20(15-9-11-18(27)12-10-15)26-19(13-24-21)14-5-7-16(8-6-14)22(28)25-17-3-1-2-4-17/h5-13,17,27H,1-4H2,(H2,23,24)(H,25,28). The fourth-order valence-electron chi connectivity index (χ4n) is 3.50. The SMILES string of the molecule is Nc1ncc(-c2ccc(C(=O)NC3CCCC3)cc2)nc1-c1ccc(O)cc1. The molecule has 1 aromatic heterocycles. The molecule has 3 aromatic rings. The van der Waals surface area contributed by atoms with Crippen molar-refractivity contribution in [2.45, 2.75) is 31.7 Å². The molecule has 1 aliphatic carbocycles. The molecule has 6 heteroatoms. The number of rotatable bonds is 4. The van der Waals surface area contributed by atoms with Gasteiger partial charge in [0.1, 0.15) is 17.3 Å². The number of nitrogens with zero attached hydrogens (tertiary/aromatic N) is 2. The molecule has 4 N–H and O–H groups in total. The van der Waals surface area contributed by atoms with Crippen molar-refractivity contribution in [2.24, 2.45) is 0 Å². The summed E-state index contributed by atoms with van der Waals surface area (Å²) >= 11 is 0. The number of nitrogens with one attached hydrogen (secondary N) is 1. The summed E-state index contributed by atoms with van der Waals surface area (Å²) in [5.74, 6) is 0.464. The molecule has 28 heavy (non-hydrogen) atoms. The van der Waals surface area contributed by atoms with Gasteiger partial charge in [-0.3, -0.25) is 4.79 Å². The number of nitrogens with two attached hydrogens (primary N) is 1. The van der Waals surface area contributed by atoms with Gasteiger partial charge in [-0.25, -0.2) is 9.97 Å². The molecular weight excluding hydrogens is 352 g/mol. The van der Waals surface area contributed by atoms with E-state index in [0.29, 0.717) is 28.8 Å². The highest BCUT2D eigenvalue weighted by Gasteiger charge is 2.18. The van der Waals surface area contributed by atoms with Gasteiger partial charge in [0.25, 0.3) is 5.91 Å². The summed E-state index contributed by atoms with van der Waals surface area (Å²) in [7, 11) is 0. The van der Waals surface area contributed by atoms with Crippen LogP contribution < -0.4 is 11.1 Å². The van der Waals surface area contributed by atoms with Crippen LogP contribution in [0, 0.1) is 0 Å². The van der Waals surface area contributed by atoms with E-state index in [4.69, 9.17) is 5.73 Å². The van der Waals surface area contributed by atoms with Gasteiger partial charge in [-0.1, -0.05) is 25.0 Å². The Morgan fingerprint density at radius 2 is 1.64 bits per heavy atom. The van der Waals surface area contributed by atoms with E-state index in [-0.39, 0.29) is 11.7 Å². The van der Waals surface area contributed by atoms with Crippen LogP contribution in [0.15, 0.2) is 54.7 Å². The Bertz CT molecular complexity index is 978. The van der Waals surface area contributed by atoms with Gasteiger partial charge in [0.15, 0.2) is 0 Å². The summed E-state index contributed by atoms with van der Waals surface area (Å²) in [4.78, 5) is 21.3.